The molecule has 0 aromatic carbocycles. The van der Waals surface area contributed by atoms with E-state index in [0.717, 1.165) is 17.7 Å². The molecule has 1 rings (SSSR count). The third kappa shape index (κ3) is 6.27. The predicted octanol–water partition coefficient (Wildman–Crippen LogP) is 2.69. The lowest BCUT2D eigenvalue weighted by atomic mass is 9.96. The molecule has 19 heavy (non-hydrogen) atoms. The molecule has 3 nitrogen and oxygen atoms in total. The molecule has 0 aromatic rings. The first-order valence-corrected chi connectivity index (χ1v) is 6.93. The second kappa shape index (κ2) is 7.12. The van der Waals surface area contributed by atoms with Gasteiger partial charge in [-0.3, -0.25) is 4.79 Å². The molecule has 1 aliphatic carbocycles. The number of alkyl halides is 3. The first-order valence-electron chi connectivity index (χ1n) is 6.93. The Labute approximate surface area is 112 Å². The number of nitrogens with zero attached hydrogens (tertiary/aromatic N) is 1. The van der Waals surface area contributed by atoms with Crippen LogP contribution in [0.5, 0.6) is 0 Å². The summed E-state index contributed by atoms with van der Waals surface area (Å²) in [5.41, 5.74) is 5.47. The highest BCUT2D eigenvalue weighted by Gasteiger charge is 2.40. The molecule has 0 aliphatic heterocycles. The van der Waals surface area contributed by atoms with Gasteiger partial charge in [-0.2, -0.15) is 13.2 Å². The maximum atomic E-state index is 12.4. The number of hydrogen-bond acceptors (Lipinski definition) is 2. The van der Waals surface area contributed by atoms with Crippen LogP contribution in [0.2, 0.25) is 0 Å². The predicted molar refractivity (Wildman–Crippen MR) is 67.5 cm³/mol. The number of carbonyl (C=O) groups is 1. The fourth-order valence-electron chi connectivity index (χ4n) is 2.26. The van der Waals surface area contributed by atoms with Crippen molar-refractivity contribution >= 4 is 5.91 Å². The van der Waals surface area contributed by atoms with Gasteiger partial charge in [-0.25, -0.2) is 0 Å². The van der Waals surface area contributed by atoms with E-state index in [1.54, 1.807) is 0 Å². The van der Waals surface area contributed by atoms with Crippen molar-refractivity contribution in [3.05, 3.63) is 0 Å². The molecule has 1 aliphatic rings. The normalized spacial score (nSPS) is 17.3. The third-order valence-electron chi connectivity index (χ3n) is 3.58. The quantitative estimate of drug-likeness (QED) is 0.743. The lowest BCUT2D eigenvalue weighted by Crippen LogP contribution is -2.40. The highest BCUT2D eigenvalue weighted by Crippen LogP contribution is 2.31. The summed E-state index contributed by atoms with van der Waals surface area (Å²) in [6, 6.07) is -0.191. The fourth-order valence-corrected chi connectivity index (χ4v) is 2.26. The van der Waals surface area contributed by atoms with Crippen LogP contribution in [-0.4, -0.2) is 36.1 Å². The van der Waals surface area contributed by atoms with Gasteiger partial charge in [0.05, 0.1) is 0 Å². The average molecular weight is 280 g/mol. The molecule has 0 spiro atoms. The Kier molecular flexibility index (Phi) is 6.10. The van der Waals surface area contributed by atoms with Crippen LogP contribution < -0.4 is 5.73 Å². The summed E-state index contributed by atoms with van der Waals surface area (Å²) in [6.07, 6.45) is -0.346. The Morgan fingerprint density at radius 1 is 1.37 bits per heavy atom. The zero-order valence-corrected chi connectivity index (χ0v) is 11.4. The highest BCUT2D eigenvalue weighted by atomic mass is 19.4. The van der Waals surface area contributed by atoms with Gasteiger partial charge < -0.3 is 10.6 Å². The molecule has 0 radical (unpaired) electrons. The van der Waals surface area contributed by atoms with Crippen molar-refractivity contribution < 1.29 is 18.0 Å². The second-order valence-corrected chi connectivity index (χ2v) is 5.26. The molecular formula is C13H23F3N2O. The number of amides is 1. The van der Waals surface area contributed by atoms with Crippen molar-refractivity contribution in [2.45, 2.75) is 57.7 Å². The molecule has 2 N–H and O–H groups in total. The monoisotopic (exact) mass is 280 g/mol. The largest absolute Gasteiger partial charge is 0.406 e. The summed E-state index contributed by atoms with van der Waals surface area (Å²) < 4.78 is 37.3. The maximum absolute atomic E-state index is 12.4. The standard InChI is InChI=1S/C13H23F3N2O/c1-2-10(7-8-17)3-6-12(19)18(11-4-5-11)9-13(14,15)16/h10-11H,2-9,17H2,1H3. The molecule has 0 saturated heterocycles. The molecule has 0 aromatic heterocycles. The van der Waals surface area contributed by atoms with E-state index in [1.165, 1.54) is 0 Å². The summed E-state index contributed by atoms with van der Waals surface area (Å²) in [4.78, 5) is 12.9. The van der Waals surface area contributed by atoms with Crippen molar-refractivity contribution in [2.24, 2.45) is 11.7 Å². The number of halogens is 3. The zero-order valence-electron chi connectivity index (χ0n) is 11.4. The molecule has 112 valence electrons. The van der Waals surface area contributed by atoms with E-state index >= 15 is 0 Å². The van der Waals surface area contributed by atoms with Gasteiger partial charge in [-0.15, -0.1) is 0 Å². The van der Waals surface area contributed by atoms with Crippen LogP contribution >= 0.6 is 0 Å². The maximum Gasteiger partial charge on any atom is 0.406 e. The van der Waals surface area contributed by atoms with Gasteiger partial charge in [0, 0.05) is 12.5 Å². The summed E-state index contributed by atoms with van der Waals surface area (Å²) in [7, 11) is 0. The minimum absolute atomic E-state index is 0.191. The number of rotatable bonds is 8. The molecule has 6 heteroatoms. The van der Waals surface area contributed by atoms with Crippen molar-refractivity contribution in [1.82, 2.24) is 4.90 Å². The zero-order chi connectivity index (χ0) is 14.5. The van der Waals surface area contributed by atoms with Crippen LogP contribution in [0.15, 0.2) is 0 Å². The SMILES string of the molecule is CCC(CCN)CCC(=O)N(CC(F)(F)F)C1CC1. The van der Waals surface area contributed by atoms with E-state index in [9.17, 15) is 18.0 Å². The lowest BCUT2D eigenvalue weighted by molar-refractivity contribution is -0.162. The second-order valence-electron chi connectivity index (χ2n) is 5.26. The van der Waals surface area contributed by atoms with Gasteiger partial charge in [0.25, 0.3) is 0 Å². The fraction of sp³-hybridized carbons (Fsp3) is 0.923. The van der Waals surface area contributed by atoms with Crippen LogP contribution in [-0.2, 0) is 4.79 Å². The van der Waals surface area contributed by atoms with Gasteiger partial charge >= 0.3 is 6.18 Å². The molecular weight excluding hydrogens is 257 g/mol. The van der Waals surface area contributed by atoms with Crippen molar-refractivity contribution in [2.75, 3.05) is 13.1 Å². The Bertz CT molecular complexity index is 290. The first kappa shape index (κ1) is 16.3. The molecule has 1 atom stereocenters. The Hall–Kier alpha value is -0.780. The van der Waals surface area contributed by atoms with Gasteiger partial charge in [-0.05, 0) is 38.1 Å². The van der Waals surface area contributed by atoms with E-state index in [2.05, 4.69) is 0 Å². The van der Waals surface area contributed by atoms with E-state index in [4.69, 9.17) is 5.73 Å². The van der Waals surface area contributed by atoms with Gasteiger partial charge in [0.15, 0.2) is 0 Å². The van der Waals surface area contributed by atoms with E-state index in [0.29, 0.717) is 31.7 Å². The third-order valence-corrected chi connectivity index (χ3v) is 3.58. The molecule has 0 bridgehead atoms. The number of carbonyl (C=O) groups excluding carboxylic acids is 1. The molecule has 1 amide bonds. The van der Waals surface area contributed by atoms with E-state index in [1.807, 2.05) is 6.92 Å². The van der Waals surface area contributed by atoms with Crippen LogP contribution in [0, 0.1) is 5.92 Å². The first-order chi connectivity index (χ1) is 8.87. The molecule has 1 saturated carbocycles. The summed E-state index contributed by atoms with van der Waals surface area (Å²) in [5, 5.41) is 0. The van der Waals surface area contributed by atoms with Gasteiger partial charge in [0.2, 0.25) is 5.91 Å². The summed E-state index contributed by atoms with van der Waals surface area (Å²) >= 11 is 0. The minimum Gasteiger partial charge on any atom is -0.331 e. The smallest absolute Gasteiger partial charge is 0.331 e. The molecule has 1 fully saturated rings. The Morgan fingerprint density at radius 2 is 2.00 bits per heavy atom. The minimum atomic E-state index is -4.31. The Morgan fingerprint density at radius 3 is 2.42 bits per heavy atom. The van der Waals surface area contributed by atoms with E-state index < -0.39 is 12.7 Å². The average Bonchev–Trinajstić information content (AvgIpc) is 3.14. The van der Waals surface area contributed by atoms with Gasteiger partial charge in [0.1, 0.15) is 6.54 Å². The van der Waals surface area contributed by atoms with Crippen LogP contribution in [0.25, 0.3) is 0 Å². The number of hydrogen-bond donors (Lipinski definition) is 1. The van der Waals surface area contributed by atoms with Crippen molar-refractivity contribution in [3.8, 4) is 0 Å². The van der Waals surface area contributed by atoms with Gasteiger partial charge in [-0.1, -0.05) is 13.3 Å². The van der Waals surface area contributed by atoms with Crippen LogP contribution in [0.4, 0.5) is 13.2 Å². The summed E-state index contributed by atoms with van der Waals surface area (Å²) in [6.45, 7) is 1.46. The topological polar surface area (TPSA) is 46.3 Å². The van der Waals surface area contributed by atoms with Crippen molar-refractivity contribution in [1.29, 1.82) is 0 Å². The summed E-state index contributed by atoms with van der Waals surface area (Å²) in [5.74, 6) is -0.0313. The van der Waals surface area contributed by atoms with Crippen LogP contribution in [0.3, 0.4) is 0 Å². The van der Waals surface area contributed by atoms with Crippen molar-refractivity contribution in [3.63, 3.8) is 0 Å². The Balaban J connectivity index is 2.44. The van der Waals surface area contributed by atoms with E-state index in [-0.39, 0.29) is 18.4 Å². The number of nitrogens with two attached hydrogens (primary N) is 1. The molecule has 1 unspecified atom stereocenters. The lowest BCUT2D eigenvalue weighted by Gasteiger charge is -2.24. The molecule has 0 heterocycles. The highest BCUT2D eigenvalue weighted by molar-refractivity contribution is 5.76. The van der Waals surface area contributed by atoms with Crippen LogP contribution in [0.1, 0.15) is 45.4 Å².